The van der Waals surface area contributed by atoms with E-state index >= 15 is 0 Å². The van der Waals surface area contributed by atoms with Crippen molar-refractivity contribution >= 4 is 75.5 Å². The van der Waals surface area contributed by atoms with Crippen LogP contribution in [0.4, 0.5) is 0 Å². The van der Waals surface area contributed by atoms with E-state index in [2.05, 4.69) is 0 Å². The summed E-state index contributed by atoms with van der Waals surface area (Å²) in [6.45, 7) is 0. The first kappa shape index (κ1) is 49.1. The van der Waals surface area contributed by atoms with Crippen molar-refractivity contribution in [1.29, 1.82) is 0 Å². The normalized spacial score (nSPS) is 0. The van der Waals surface area contributed by atoms with Crippen LogP contribution >= 0.6 is 0 Å². The summed E-state index contributed by atoms with van der Waals surface area (Å²) < 4.78 is 0. The van der Waals surface area contributed by atoms with Crippen molar-refractivity contribution in [3.8, 4) is 0 Å². The molecule has 0 aliphatic rings. The van der Waals surface area contributed by atoms with E-state index in [0.29, 0.717) is 0 Å². The largest absolute Gasteiger partial charge is 2.00 e. The molecule has 1 nitrogen and oxygen atoms in total. The standard InChI is InChI=1S/2Ca.2K.2Ni.O.4H/q;;2*+1;;;-2;;;;. The summed E-state index contributed by atoms with van der Waals surface area (Å²) in [5, 5.41) is 0. The van der Waals surface area contributed by atoms with E-state index in [0.717, 1.165) is 0 Å². The van der Waals surface area contributed by atoms with Crippen molar-refractivity contribution in [1.82, 2.24) is 0 Å². The SMILES string of the molecule is [CaH2].[CaH2].[K+].[K+].[Ni].[Ni].[O-2]. The van der Waals surface area contributed by atoms with Gasteiger partial charge < -0.3 is 5.48 Å². The van der Waals surface area contributed by atoms with Gasteiger partial charge in [0.15, 0.2) is 0 Å². The van der Waals surface area contributed by atoms with Crippen LogP contribution in [0.2, 0.25) is 0 Å². The second-order valence-corrected chi connectivity index (χ2v) is 0. The summed E-state index contributed by atoms with van der Waals surface area (Å²) in [5.74, 6) is 0. The molecule has 0 aromatic rings. The van der Waals surface area contributed by atoms with Gasteiger partial charge in [-0.05, 0) is 0 Å². The third-order valence-corrected chi connectivity index (χ3v) is 0. The van der Waals surface area contributed by atoms with Gasteiger partial charge in [-0.2, -0.15) is 0 Å². The Hall–Kier alpha value is 6.74. The second-order valence-electron chi connectivity index (χ2n) is 0. The number of hydrogen-bond acceptors (Lipinski definition) is 0. The average Bonchev–Trinajstić information content (AvgIpc) is 0. The summed E-state index contributed by atoms with van der Waals surface area (Å²) >= 11 is 0. The summed E-state index contributed by atoms with van der Waals surface area (Å²) in [4.78, 5) is 0. The van der Waals surface area contributed by atoms with Gasteiger partial charge >= 0.3 is 178 Å². The molecule has 0 N–H and O–H groups in total. The van der Waals surface area contributed by atoms with Crippen LogP contribution in [0.3, 0.4) is 0 Å². The van der Waals surface area contributed by atoms with Crippen molar-refractivity contribution in [3.63, 3.8) is 0 Å². The maximum atomic E-state index is 0. The predicted molar refractivity (Wildman–Crippen MR) is 17.8 cm³/mol. The Morgan fingerprint density at radius 2 is 0.571 bits per heavy atom. The summed E-state index contributed by atoms with van der Waals surface area (Å²) in [6, 6.07) is 0. The number of hydrogen-bond donors (Lipinski definition) is 0. The van der Waals surface area contributed by atoms with E-state index in [1.165, 1.54) is 0 Å². The zero-order chi connectivity index (χ0) is 0. The molecule has 0 aliphatic heterocycles. The molecule has 0 radical (unpaired) electrons. The van der Waals surface area contributed by atoms with Gasteiger partial charge in [-0.3, -0.25) is 0 Å². The van der Waals surface area contributed by atoms with Crippen molar-refractivity contribution in [2.75, 3.05) is 0 Å². The summed E-state index contributed by atoms with van der Waals surface area (Å²) in [6.07, 6.45) is 0. The Bertz CT molecular complexity index is 13.7. The van der Waals surface area contributed by atoms with Gasteiger partial charge in [0, 0.05) is 33.0 Å². The Morgan fingerprint density at radius 3 is 0.571 bits per heavy atom. The predicted octanol–water partition coefficient (Wildman–Crippen LogP) is -7.95. The maximum Gasteiger partial charge on any atom is 1.00 e. The van der Waals surface area contributed by atoms with Crippen molar-refractivity contribution in [2.45, 2.75) is 0 Å². The minimum atomic E-state index is 0. The minimum Gasteiger partial charge on any atom is -2.00 e. The second kappa shape index (κ2) is 38.7. The molecule has 0 aromatic heterocycles. The van der Waals surface area contributed by atoms with Crippen LogP contribution in [-0.4, -0.2) is 75.5 Å². The Kier molecular flexibility index (Phi) is 271. The zero-order valence-electron chi connectivity index (χ0n) is 3.04. The molecule has 7 heteroatoms. The molecule has 0 saturated heterocycles. The van der Waals surface area contributed by atoms with Crippen LogP contribution in [-0.2, 0) is 38.5 Å². The fourth-order valence-electron chi connectivity index (χ4n) is 0. The molecule has 0 amide bonds. The van der Waals surface area contributed by atoms with Gasteiger partial charge in [0.05, 0.1) is 0 Å². The molecular weight excluding hydrogens is 292 g/mol. The van der Waals surface area contributed by atoms with E-state index in [9.17, 15) is 0 Å². The maximum absolute atomic E-state index is 0. The Labute approximate surface area is 209 Å². The summed E-state index contributed by atoms with van der Waals surface area (Å²) in [5.41, 5.74) is 0. The van der Waals surface area contributed by atoms with E-state index in [1.807, 2.05) is 0 Å². The van der Waals surface area contributed by atoms with E-state index in [4.69, 9.17) is 0 Å². The first-order chi connectivity index (χ1) is 0. The minimum absolute atomic E-state index is 0. The first-order valence-electron chi connectivity index (χ1n) is 0. The van der Waals surface area contributed by atoms with Gasteiger partial charge in [-0.25, -0.2) is 0 Å². The van der Waals surface area contributed by atoms with E-state index in [1.54, 1.807) is 0 Å². The van der Waals surface area contributed by atoms with Crippen molar-refractivity contribution < 1.29 is 141 Å². The molecule has 0 rings (SSSR count). The molecule has 0 bridgehead atoms. The van der Waals surface area contributed by atoms with Gasteiger partial charge in [-0.15, -0.1) is 0 Å². The Morgan fingerprint density at radius 1 is 0.571 bits per heavy atom. The molecule has 0 heterocycles. The molecule has 0 atom stereocenters. The van der Waals surface area contributed by atoms with Gasteiger partial charge in [0.25, 0.3) is 0 Å². The smallest absolute Gasteiger partial charge is 1.00 e. The van der Waals surface area contributed by atoms with E-state index < -0.39 is 0 Å². The van der Waals surface area contributed by atoms with Crippen molar-refractivity contribution in [2.24, 2.45) is 0 Å². The molecule has 0 spiro atoms. The molecular formula is H4Ca2K2Ni2O. The van der Waals surface area contributed by atoms with Crippen LogP contribution in [0.15, 0.2) is 0 Å². The van der Waals surface area contributed by atoms with Crippen LogP contribution in [0, 0.1) is 0 Å². The monoisotopic (exact) mass is 294 g/mol. The van der Waals surface area contributed by atoms with Gasteiger partial charge in [0.1, 0.15) is 0 Å². The fraction of sp³-hybridized carbons (Fsp3) is 0. The van der Waals surface area contributed by atoms with E-state index in [-0.39, 0.29) is 217 Å². The van der Waals surface area contributed by atoms with Gasteiger partial charge in [0.2, 0.25) is 0 Å². The topological polar surface area (TPSA) is 28.5 Å². The molecule has 0 fully saturated rings. The molecule has 36 valence electrons. The molecule has 0 aliphatic carbocycles. The molecule has 0 unspecified atom stereocenters. The quantitative estimate of drug-likeness (QED) is 0.397. The molecule has 0 aromatic carbocycles. The average molecular weight is 296 g/mol. The van der Waals surface area contributed by atoms with Crippen molar-refractivity contribution in [3.05, 3.63) is 0 Å². The van der Waals surface area contributed by atoms with Gasteiger partial charge in [-0.1, -0.05) is 0 Å². The number of rotatable bonds is 0. The van der Waals surface area contributed by atoms with Crippen LogP contribution in [0.25, 0.3) is 0 Å². The molecule has 7 heavy (non-hydrogen) atoms. The molecule has 0 saturated carbocycles. The third-order valence-electron chi connectivity index (χ3n) is 0. The van der Waals surface area contributed by atoms with Crippen LogP contribution in [0.5, 0.6) is 0 Å². The van der Waals surface area contributed by atoms with Crippen LogP contribution < -0.4 is 103 Å². The fourth-order valence-corrected chi connectivity index (χ4v) is 0. The zero-order valence-corrected chi connectivity index (χ0v) is 11.3. The van der Waals surface area contributed by atoms with Crippen LogP contribution in [0.1, 0.15) is 0 Å². The Balaban J connectivity index is 0. The first-order valence-corrected chi connectivity index (χ1v) is 0. The third kappa shape index (κ3) is 32.3. The summed E-state index contributed by atoms with van der Waals surface area (Å²) in [7, 11) is 0.